The first-order valence-electron chi connectivity index (χ1n) is 2.49. The smallest absolute Gasteiger partial charge is 0.0653 e. The molecule has 0 aliphatic carbocycles. The Kier molecular flexibility index (Phi) is 5.20. The summed E-state index contributed by atoms with van der Waals surface area (Å²) in [5.41, 5.74) is 0. The minimum Gasteiger partial charge on any atom is -0.198 e. The summed E-state index contributed by atoms with van der Waals surface area (Å²) in [6.07, 6.45) is 3.29. The molecule has 0 atom stereocenters. The van der Waals surface area contributed by atoms with Crippen LogP contribution in [0.5, 0.6) is 0 Å². The minimum absolute atomic E-state index is 0.650. The van der Waals surface area contributed by atoms with Gasteiger partial charge >= 0.3 is 0 Å². The first-order valence-corrected chi connectivity index (χ1v) is 2.49. The molecule has 0 spiro atoms. The Morgan fingerprint density at radius 2 is 2.14 bits per heavy atom. The second-order valence-electron chi connectivity index (χ2n) is 1.40. The summed E-state index contributed by atoms with van der Waals surface area (Å²) in [5, 5.41) is 8.00. The Balaban J connectivity index is 2.60. The van der Waals surface area contributed by atoms with Gasteiger partial charge in [-0.3, -0.25) is 0 Å². The van der Waals surface area contributed by atoms with Crippen LogP contribution in [-0.4, -0.2) is 7.85 Å². The molecule has 0 aromatic carbocycles. The van der Waals surface area contributed by atoms with E-state index in [-0.39, 0.29) is 0 Å². The van der Waals surface area contributed by atoms with Crippen molar-refractivity contribution in [2.24, 2.45) is 0 Å². The molecule has 2 heteroatoms. The van der Waals surface area contributed by atoms with Gasteiger partial charge in [0.15, 0.2) is 0 Å². The molecule has 0 heterocycles. The van der Waals surface area contributed by atoms with Crippen LogP contribution in [0.4, 0.5) is 0 Å². The summed E-state index contributed by atoms with van der Waals surface area (Å²) in [6, 6.07) is 2.05. The van der Waals surface area contributed by atoms with Gasteiger partial charge in [0.25, 0.3) is 0 Å². The fourth-order valence-corrected chi connectivity index (χ4v) is 0.348. The molecular weight excluding hydrogens is 84.9 g/mol. The molecule has 2 radical (unpaired) electrons. The van der Waals surface area contributed by atoms with Gasteiger partial charge in [-0.25, -0.2) is 0 Å². The van der Waals surface area contributed by atoms with Crippen LogP contribution in [0.2, 0.25) is 6.32 Å². The van der Waals surface area contributed by atoms with E-state index in [1.54, 1.807) is 0 Å². The van der Waals surface area contributed by atoms with E-state index in [1.807, 2.05) is 6.07 Å². The standard InChI is InChI=1S/C5H8BN/c6-4-2-1-3-5-7/h1-4H2. The van der Waals surface area contributed by atoms with Crippen molar-refractivity contribution in [1.82, 2.24) is 0 Å². The van der Waals surface area contributed by atoms with Gasteiger partial charge in [0.2, 0.25) is 0 Å². The quantitative estimate of drug-likeness (QED) is 0.380. The largest absolute Gasteiger partial charge is 0.198 e. The SMILES string of the molecule is [B]CCCCC#N. The zero-order valence-electron chi connectivity index (χ0n) is 4.35. The third-order valence-corrected chi connectivity index (χ3v) is 0.743. The van der Waals surface area contributed by atoms with Crippen LogP contribution in [0.1, 0.15) is 19.3 Å². The summed E-state index contributed by atoms with van der Waals surface area (Å²) < 4.78 is 0. The Labute approximate surface area is 45.7 Å². The van der Waals surface area contributed by atoms with Crippen molar-refractivity contribution in [3.8, 4) is 6.07 Å². The van der Waals surface area contributed by atoms with E-state index in [0.717, 1.165) is 12.8 Å². The van der Waals surface area contributed by atoms with Crippen LogP contribution in [0, 0.1) is 11.3 Å². The molecule has 0 amide bonds. The van der Waals surface area contributed by atoms with Gasteiger partial charge in [0, 0.05) is 6.42 Å². The molecule has 0 saturated carbocycles. The zero-order valence-corrected chi connectivity index (χ0v) is 4.35. The fourth-order valence-electron chi connectivity index (χ4n) is 0.348. The molecule has 0 aromatic rings. The number of nitrogens with zero attached hydrogens (tertiary/aromatic N) is 1. The van der Waals surface area contributed by atoms with Crippen molar-refractivity contribution in [3.05, 3.63) is 0 Å². The Morgan fingerprint density at radius 3 is 2.57 bits per heavy atom. The lowest BCUT2D eigenvalue weighted by Crippen LogP contribution is -1.70. The monoisotopic (exact) mass is 93.1 g/mol. The normalized spacial score (nSPS) is 7.86. The highest BCUT2D eigenvalue weighted by atomic mass is 14.2. The van der Waals surface area contributed by atoms with E-state index in [9.17, 15) is 0 Å². The van der Waals surface area contributed by atoms with Gasteiger partial charge < -0.3 is 0 Å². The van der Waals surface area contributed by atoms with Crippen molar-refractivity contribution in [3.63, 3.8) is 0 Å². The maximum Gasteiger partial charge on any atom is 0.0653 e. The maximum absolute atomic E-state index is 8.00. The molecule has 0 aromatic heterocycles. The Hall–Kier alpha value is -0.445. The van der Waals surface area contributed by atoms with E-state index in [1.165, 1.54) is 0 Å². The van der Waals surface area contributed by atoms with Gasteiger partial charge in [-0.15, -0.1) is 0 Å². The topological polar surface area (TPSA) is 23.8 Å². The summed E-state index contributed by atoms with van der Waals surface area (Å²) in [6.45, 7) is 0. The molecule has 0 aliphatic rings. The number of hydrogen-bond acceptors (Lipinski definition) is 1. The van der Waals surface area contributed by atoms with Crippen LogP contribution in [0.3, 0.4) is 0 Å². The molecule has 1 nitrogen and oxygen atoms in total. The van der Waals surface area contributed by atoms with Crippen molar-refractivity contribution in [1.29, 1.82) is 5.26 Å². The lowest BCUT2D eigenvalue weighted by molar-refractivity contribution is 0.820. The van der Waals surface area contributed by atoms with Crippen molar-refractivity contribution in [2.75, 3.05) is 0 Å². The highest BCUT2D eigenvalue weighted by Gasteiger charge is 1.79. The summed E-state index contributed by atoms with van der Waals surface area (Å²) in [4.78, 5) is 0. The van der Waals surface area contributed by atoms with Crippen molar-refractivity contribution >= 4 is 7.85 Å². The number of unbranched alkanes of at least 4 members (excludes halogenated alkanes) is 2. The predicted octanol–water partition coefficient (Wildman–Crippen LogP) is 1.27. The van der Waals surface area contributed by atoms with Crippen LogP contribution in [0.25, 0.3) is 0 Å². The zero-order chi connectivity index (χ0) is 5.54. The first-order chi connectivity index (χ1) is 3.41. The average molecular weight is 92.9 g/mol. The molecule has 0 aliphatic heterocycles. The highest BCUT2D eigenvalue weighted by Crippen LogP contribution is 1.94. The van der Waals surface area contributed by atoms with Crippen LogP contribution < -0.4 is 0 Å². The second kappa shape index (κ2) is 5.55. The molecule has 0 rings (SSSR count). The van der Waals surface area contributed by atoms with Gasteiger partial charge in [0.1, 0.15) is 0 Å². The van der Waals surface area contributed by atoms with Gasteiger partial charge in [0.05, 0.1) is 13.9 Å². The fraction of sp³-hybridized carbons (Fsp3) is 0.800. The van der Waals surface area contributed by atoms with Gasteiger partial charge in [-0.2, -0.15) is 5.26 Å². The lowest BCUT2D eigenvalue weighted by atomic mass is 10.00. The van der Waals surface area contributed by atoms with E-state index >= 15 is 0 Å². The minimum atomic E-state index is 0.650. The van der Waals surface area contributed by atoms with Crippen molar-refractivity contribution < 1.29 is 0 Å². The second-order valence-corrected chi connectivity index (χ2v) is 1.40. The van der Waals surface area contributed by atoms with E-state index < -0.39 is 0 Å². The summed E-state index contributed by atoms with van der Waals surface area (Å²) in [7, 11) is 5.16. The third kappa shape index (κ3) is 5.55. The Morgan fingerprint density at radius 1 is 1.43 bits per heavy atom. The maximum atomic E-state index is 8.00. The predicted molar refractivity (Wildman–Crippen MR) is 30.0 cm³/mol. The Bertz CT molecular complexity index is 65.0. The highest BCUT2D eigenvalue weighted by molar-refractivity contribution is 6.08. The molecule has 7 heavy (non-hydrogen) atoms. The first kappa shape index (κ1) is 6.55. The summed E-state index contributed by atoms with van der Waals surface area (Å²) >= 11 is 0. The third-order valence-electron chi connectivity index (χ3n) is 0.743. The van der Waals surface area contributed by atoms with Crippen LogP contribution in [0.15, 0.2) is 0 Å². The molecule has 0 fully saturated rings. The lowest BCUT2D eigenvalue weighted by Gasteiger charge is -1.84. The molecule has 0 bridgehead atoms. The average Bonchev–Trinajstić information content (AvgIpc) is 1.69. The number of nitriles is 1. The number of rotatable bonds is 3. The molecule has 0 saturated heterocycles. The van der Waals surface area contributed by atoms with Gasteiger partial charge in [-0.05, 0) is 6.42 Å². The molecule has 0 N–H and O–H groups in total. The number of hydrogen-bond donors (Lipinski definition) is 0. The molecule has 36 valence electrons. The molecular formula is C5H8BN. The van der Waals surface area contributed by atoms with Crippen LogP contribution in [-0.2, 0) is 0 Å². The summed E-state index contributed by atoms with van der Waals surface area (Å²) in [5.74, 6) is 0. The van der Waals surface area contributed by atoms with E-state index in [2.05, 4.69) is 0 Å². The van der Waals surface area contributed by atoms with E-state index in [4.69, 9.17) is 13.1 Å². The van der Waals surface area contributed by atoms with Gasteiger partial charge in [-0.1, -0.05) is 12.7 Å². The van der Waals surface area contributed by atoms with Crippen molar-refractivity contribution in [2.45, 2.75) is 25.6 Å². The van der Waals surface area contributed by atoms with Crippen LogP contribution >= 0.6 is 0 Å². The molecule has 0 unspecified atom stereocenters. The van der Waals surface area contributed by atoms with E-state index in [0.29, 0.717) is 12.7 Å².